The van der Waals surface area contributed by atoms with Gasteiger partial charge in [-0.05, 0) is 0 Å². The summed E-state index contributed by atoms with van der Waals surface area (Å²) in [5, 5.41) is 9.02. The van der Waals surface area contributed by atoms with Crippen LogP contribution >= 0.6 is 12.4 Å². The van der Waals surface area contributed by atoms with Crippen molar-refractivity contribution in [2.24, 2.45) is 5.73 Å². The van der Waals surface area contributed by atoms with Crippen molar-refractivity contribution >= 4 is 12.4 Å². The number of hydrogen-bond acceptors (Lipinski definition) is 2. The van der Waals surface area contributed by atoms with E-state index in [2.05, 4.69) is 0 Å². The van der Waals surface area contributed by atoms with Crippen molar-refractivity contribution in [3.05, 3.63) is 0 Å². The Morgan fingerprint density at radius 2 is 2.11 bits per heavy atom. The number of hydrogen-bond donors (Lipinski definition) is 2. The molecule has 1 aliphatic rings. The van der Waals surface area contributed by atoms with Gasteiger partial charge in [0.2, 0.25) is 0 Å². The van der Waals surface area contributed by atoms with Crippen molar-refractivity contribution in [3.8, 4) is 0 Å². The Morgan fingerprint density at radius 3 is 2.22 bits per heavy atom. The first-order valence-corrected chi connectivity index (χ1v) is 2.73. The summed E-state index contributed by atoms with van der Waals surface area (Å²) in [5.41, 5.74) is 4.25. The lowest BCUT2D eigenvalue weighted by Crippen LogP contribution is -2.50. The maximum atomic E-state index is 12.0. The summed E-state index contributed by atoms with van der Waals surface area (Å²) in [4.78, 5) is 0. The molecule has 4 heteroatoms. The van der Waals surface area contributed by atoms with Gasteiger partial charge in [-0.15, -0.1) is 12.4 Å². The second-order valence-electron chi connectivity index (χ2n) is 2.43. The molecule has 1 aliphatic carbocycles. The van der Waals surface area contributed by atoms with Crippen LogP contribution in [-0.4, -0.2) is 23.4 Å². The number of rotatable bonds is 1. The fourth-order valence-corrected chi connectivity index (χ4v) is 0.931. The third-order valence-electron chi connectivity index (χ3n) is 1.58. The highest BCUT2D eigenvalue weighted by atomic mass is 35.5. The Morgan fingerprint density at radius 1 is 1.67 bits per heavy atom. The van der Waals surface area contributed by atoms with Gasteiger partial charge in [0.1, 0.15) is 6.17 Å². The Balaban J connectivity index is 0.000000640. The molecule has 0 saturated heterocycles. The van der Waals surface area contributed by atoms with Crippen molar-refractivity contribution in [1.29, 1.82) is 0 Å². The molecule has 3 N–H and O–H groups in total. The minimum absolute atomic E-state index is 0. The molecular weight excluding hydrogens is 145 g/mol. The number of alkyl halides is 1. The van der Waals surface area contributed by atoms with E-state index in [9.17, 15) is 4.39 Å². The van der Waals surface area contributed by atoms with Crippen LogP contribution in [0.1, 0.15) is 12.8 Å². The molecule has 56 valence electrons. The van der Waals surface area contributed by atoms with Crippen LogP contribution in [-0.2, 0) is 0 Å². The summed E-state index contributed by atoms with van der Waals surface area (Å²) < 4.78 is 12.0. The molecule has 0 unspecified atom stereocenters. The lowest BCUT2D eigenvalue weighted by Gasteiger charge is -2.38. The number of halogens is 2. The molecule has 2 nitrogen and oxygen atoms in total. The Bertz CT molecular complexity index is 95.0. The lowest BCUT2D eigenvalue weighted by atomic mass is 9.79. The van der Waals surface area contributed by atoms with Crippen LogP contribution in [0.5, 0.6) is 0 Å². The second kappa shape index (κ2) is 2.82. The smallest absolute Gasteiger partial charge is 0.106 e. The second-order valence-corrected chi connectivity index (χ2v) is 2.43. The summed E-state index contributed by atoms with van der Waals surface area (Å²) >= 11 is 0. The Hall–Kier alpha value is 0.140. The molecular formula is C5H11ClFNO. The Labute approximate surface area is 59.6 Å². The van der Waals surface area contributed by atoms with Gasteiger partial charge in [-0.3, -0.25) is 0 Å². The van der Waals surface area contributed by atoms with E-state index < -0.39 is 11.8 Å². The molecule has 1 fully saturated rings. The van der Waals surface area contributed by atoms with Gasteiger partial charge in [0.05, 0.1) is 5.60 Å². The summed E-state index contributed by atoms with van der Waals surface area (Å²) in [7, 11) is 0. The highest BCUT2D eigenvalue weighted by Crippen LogP contribution is 2.33. The Kier molecular flexibility index (Phi) is 2.86. The van der Waals surface area contributed by atoms with Crippen molar-refractivity contribution < 1.29 is 9.50 Å². The summed E-state index contributed by atoms with van der Waals surface area (Å²) in [6, 6.07) is 0. The van der Waals surface area contributed by atoms with Crippen LogP contribution in [0.2, 0.25) is 0 Å². The summed E-state index contributed by atoms with van der Waals surface area (Å²) in [6.45, 7) is 0.188. The predicted molar refractivity (Wildman–Crippen MR) is 35.4 cm³/mol. The molecule has 0 bridgehead atoms. The first-order chi connectivity index (χ1) is 3.66. The van der Waals surface area contributed by atoms with Crippen molar-refractivity contribution in [2.45, 2.75) is 24.6 Å². The van der Waals surface area contributed by atoms with Gasteiger partial charge in [-0.25, -0.2) is 4.39 Å². The minimum atomic E-state index is -0.862. The SMILES string of the molecule is Cl.NCC1(O)CC(F)C1. The van der Waals surface area contributed by atoms with Crippen molar-refractivity contribution in [2.75, 3.05) is 6.54 Å². The molecule has 0 aromatic rings. The third kappa shape index (κ3) is 1.78. The molecule has 1 saturated carbocycles. The highest BCUT2D eigenvalue weighted by Gasteiger charge is 2.41. The van der Waals surface area contributed by atoms with Gasteiger partial charge in [0.15, 0.2) is 0 Å². The normalized spacial score (nSPS) is 41.0. The van der Waals surface area contributed by atoms with Crippen molar-refractivity contribution in [1.82, 2.24) is 0 Å². The molecule has 0 aromatic carbocycles. The van der Waals surface area contributed by atoms with E-state index in [1.807, 2.05) is 0 Å². The topological polar surface area (TPSA) is 46.2 Å². The first-order valence-electron chi connectivity index (χ1n) is 2.73. The first kappa shape index (κ1) is 9.14. The fourth-order valence-electron chi connectivity index (χ4n) is 0.931. The molecule has 0 aliphatic heterocycles. The quantitative estimate of drug-likeness (QED) is 0.570. The monoisotopic (exact) mass is 155 g/mol. The molecule has 1 rings (SSSR count). The summed E-state index contributed by atoms with van der Waals surface area (Å²) in [6.07, 6.45) is -0.365. The van der Waals surface area contributed by atoms with E-state index in [4.69, 9.17) is 10.8 Å². The van der Waals surface area contributed by atoms with E-state index in [0.717, 1.165) is 0 Å². The van der Waals surface area contributed by atoms with Crippen molar-refractivity contribution in [3.63, 3.8) is 0 Å². The van der Waals surface area contributed by atoms with Gasteiger partial charge in [0.25, 0.3) is 0 Å². The van der Waals surface area contributed by atoms with Crippen LogP contribution < -0.4 is 5.73 Å². The van der Waals surface area contributed by atoms with E-state index in [-0.39, 0.29) is 31.8 Å². The van der Waals surface area contributed by atoms with E-state index in [0.29, 0.717) is 0 Å². The fraction of sp³-hybridized carbons (Fsp3) is 1.00. The minimum Gasteiger partial charge on any atom is -0.388 e. The zero-order valence-electron chi connectivity index (χ0n) is 5.01. The number of nitrogens with two attached hydrogens (primary N) is 1. The predicted octanol–water partition coefficient (Wildman–Crippen LogP) is 0.230. The molecule has 0 amide bonds. The van der Waals surface area contributed by atoms with Gasteiger partial charge in [-0.2, -0.15) is 0 Å². The van der Waals surface area contributed by atoms with Crippen LogP contribution in [0.15, 0.2) is 0 Å². The molecule has 0 atom stereocenters. The summed E-state index contributed by atoms with van der Waals surface area (Å²) in [5.74, 6) is 0. The lowest BCUT2D eigenvalue weighted by molar-refractivity contribution is -0.0751. The molecule has 0 radical (unpaired) electrons. The zero-order chi connectivity index (χ0) is 6.20. The maximum absolute atomic E-state index is 12.0. The molecule has 0 aromatic heterocycles. The average molecular weight is 156 g/mol. The maximum Gasteiger partial charge on any atom is 0.106 e. The number of aliphatic hydroxyl groups is 1. The van der Waals surface area contributed by atoms with Crippen LogP contribution in [0, 0.1) is 0 Å². The zero-order valence-corrected chi connectivity index (χ0v) is 5.83. The van der Waals surface area contributed by atoms with Gasteiger partial charge in [0, 0.05) is 19.4 Å². The highest BCUT2D eigenvalue weighted by molar-refractivity contribution is 5.85. The molecule has 0 heterocycles. The molecule has 0 spiro atoms. The van der Waals surface area contributed by atoms with E-state index in [1.165, 1.54) is 0 Å². The van der Waals surface area contributed by atoms with Crippen LogP contribution in [0.4, 0.5) is 4.39 Å². The van der Waals surface area contributed by atoms with Gasteiger partial charge < -0.3 is 10.8 Å². The standard InChI is InChI=1S/C5H10FNO.ClH/c6-4-1-5(8,2-4)3-7;/h4,8H,1-3,7H2;1H. The third-order valence-corrected chi connectivity index (χ3v) is 1.58. The van der Waals surface area contributed by atoms with Gasteiger partial charge in [-0.1, -0.05) is 0 Å². The van der Waals surface area contributed by atoms with Gasteiger partial charge >= 0.3 is 0 Å². The molecule has 9 heavy (non-hydrogen) atoms. The van der Waals surface area contributed by atoms with E-state index in [1.54, 1.807) is 0 Å². The average Bonchev–Trinajstić information content (AvgIpc) is 1.63. The van der Waals surface area contributed by atoms with Crippen LogP contribution in [0.3, 0.4) is 0 Å². The largest absolute Gasteiger partial charge is 0.388 e. The van der Waals surface area contributed by atoms with Crippen LogP contribution in [0.25, 0.3) is 0 Å². The van der Waals surface area contributed by atoms with E-state index >= 15 is 0 Å².